The van der Waals surface area contributed by atoms with Crippen LogP contribution >= 0.6 is 0 Å². The van der Waals surface area contributed by atoms with Gasteiger partial charge in [-0.2, -0.15) is 0 Å². The number of hydrogen-bond donors (Lipinski definition) is 0. The smallest absolute Gasteiger partial charge is 0.0493 e. The molecule has 1 heteroatoms. The summed E-state index contributed by atoms with van der Waals surface area (Å²) in [7, 11) is 1.81. The fourth-order valence-corrected chi connectivity index (χ4v) is 2.08. The summed E-state index contributed by atoms with van der Waals surface area (Å²) in [5.74, 6) is 1.83. The molecular weight excluding hydrogens is 124 g/mol. The van der Waals surface area contributed by atoms with Gasteiger partial charge < -0.3 is 4.74 Å². The molecule has 1 aliphatic carbocycles. The van der Waals surface area contributed by atoms with E-state index in [0.717, 1.165) is 18.4 Å². The molecule has 0 heterocycles. The van der Waals surface area contributed by atoms with Crippen molar-refractivity contribution in [3.05, 3.63) is 0 Å². The Balaban J connectivity index is 2.27. The lowest BCUT2D eigenvalue weighted by atomic mass is 9.95. The summed E-state index contributed by atoms with van der Waals surface area (Å²) in [5.41, 5.74) is 0. The molecule has 2 unspecified atom stereocenters. The quantitative estimate of drug-likeness (QED) is 0.588. The van der Waals surface area contributed by atoms with Crippen molar-refractivity contribution >= 4 is 0 Å². The molecule has 0 radical (unpaired) electrons. The van der Waals surface area contributed by atoms with Crippen molar-refractivity contribution in [2.24, 2.45) is 11.8 Å². The van der Waals surface area contributed by atoms with Crippen molar-refractivity contribution < 1.29 is 4.74 Å². The molecule has 0 aromatic carbocycles. The molecule has 10 heavy (non-hydrogen) atoms. The normalized spacial score (nSPS) is 33.0. The number of methoxy groups -OCH3 is 1. The van der Waals surface area contributed by atoms with E-state index in [-0.39, 0.29) is 0 Å². The Kier molecular flexibility index (Phi) is 3.20. The zero-order valence-electron chi connectivity index (χ0n) is 7.10. The van der Waals surface area contributed by atoms with E-state index in [2.05, 4.69) is 6.92 Å². The second-order valence-electron chi connectivity index (χ2n) is 3.31. The molecule has 0 aromatic heterocycles. The van der Waals surface area contributed by atoms with Crippen molar-refractivity contribution in [2.45, 2.75) is 32.6 Å². The average molecular weight is 142 g/mol. The van der Waals surface area contributed by atoms with Gasteiger partial charge in [0.05, 0.1) is 0 Å². The van der Waals surface area contributed by atoms with Crippen LogP contribution in [0, 0.1) is 11.8 Å². The maximum Gasteiger partial charge on any atom is 0.0493 e. The van der Waals surface area contributed by atoms with E-state index in [1.807, 2.05) is 7.11 Å². The minimum atomic E-state index is 0.870. The molecule has 1 fully saturated rings. The first-order valence-electron chi connectivity index (χ1n) is 4.37. The van der Waals surface area contributed by atoms with Gasteiger partial charge in [0, 0.05) is 13.7 Å². The van der Waals surface area contributed by atoms with Crippen LogP contribution in [0.5, 0.6) is 0 Å². The van der Waals surface area contributed by atoms with Crippen LogP contribution in [0.1, 0.15) is 32.6 Å². The van der Waals surface area contributed by atoms with Gasteiger partial charge in [0.2, 0.25) is 0 Å². The minimum absolute atomic E-state index is 0.870. The molecule has 1 nitrogen and oxygen atoms in total. The highest BCUT2D eigenvalue weighted by Crippen LogP contribution is 2.33. The Bertz CT molecular complexity index is 90.7. The highest BCUT2D eigenvalue weighted by Gasteiger charge is 2.24. The summed E-state index contributed by atoms with van der Waals surface area (Å²) in [6, 6.07) is 0. The molecule has 0 spiro atoms. The van der Waals surface area contributed by atoms with Crippen LogP contribution in [0.2, 0.25) is 0 Å². The predicted molar refractivity (Wildman–Crippen MR) is 43.0 cm³/mol. The second kappa shape index (κ2) is 3.97. The van der Waals surface area contributed by atoms with Crippen LogP contribution in [0.4, 0.5) is 0 Å². The summed E-state index contributed by atoms with van der Waals surface area (Å²) in [4.78, 5) is 0. The van der Waals surface area contributed by atoms with Crippen LogP contribution in [0.15, 0.2) is 0 Å². The highest BCUT2D eigenvalue weighted by atomic mass is 16.5. The summed E-state index contributed by atoms with van der Waals surface area (Å²) in [5, 5.41) is 0. The van der Waals surface area contributed by atoms with Gasteiger partial charge in [-0.15, -0.1) is 0 Å². The predicted octanol–water partition coefficient (Wildman–Crippen LogP) is 2.46. The monoisotopic (exact) mass is 142 g/mol. The molecule has 1 rings (SSSR count). The Morgan fingerprint density at radius 1 is 1.30 bits per heavy atom. The third kappa shape index (κ3) is 1.72. The van der Waals surface area contributed by atoms with Crippen LogP contribution in [-0.2, 0) is 4.74 Å². The highest BCUT2D eigenvalue weighted by molar-refractivity contribution is 4.75. The van der Waals surface area contributed by atoms with Crippen LogP contribution in [0.25, 0.3) is 0 Å². The van der Waals surface area contributed by atoms with Gasteiger partial charge in [-0.25, -0.2) is 0 Å². The molecule has 0 N–H and O–H groups in total. The molecule has 60 valence electrons. The average Bonchev–Trinajstić information content (AvgIpc) is 2.36. The summed E-state index contributed by atoms with van der Waals surface area (Å²) in [6.45, 7) is 3.27. The van der Waals surface area contributed by atoms with Crippen molar-refractivity contribution in [1.82, 2.24) is 0 Å². The van der Waals surface area contributed by atoms with Gasteiger partial charge in [-0.3, -0.25) is 0 Å². The van der Waals surface area contributed by atoms with E-state index in [9.17, 15) is 0 Å². The molecule has 2 atom stereocenters. The van der Waals surface area contributed by atoms with E-state index >= 15 is 0 Å². The number of ether oxygens (including phenoxy) is 1. The molecule has 0 amide bonds. The Morgan fingerprint density at radius 3 is 2.60 bits per heavy atom. The number of hydrogen-bond acceptors (Lipinski definition) is 1. The summed E-state index contributed by atoms with van der Waals surface area (Å²) in [6.07, 6.45) is 5.59. The lowest BCUT2D eigenvalue weighted by molar-refractivity contribution is 0.131. The topological polar surface area (TPSA) is 9.23 Å². The SMILES string of the molecule is CCC1CCCC1COC. The molecule has 0 aliphatic heterocycles. The Hall–Kier alpha value is -0.0400. The van der Waals surface area contributed by atoms with Gasteiger partial charge in [0.1, 0.15) is 0 Å². The maximum atomic E-state index is 5.16. The summed E-state index contributed by atoms with van der Waals surface area (Å²) >= 11 is 0. The van der Waals surface area contributed by atoms with E-state index in [4.69, 9.17) is 4.74 Å². The van der Waals surface area contributed by atoms with Gasteiger partial charge in [0.25, 0.3) is 0 Å². The van der Waals surface area contributed by atoms with Crippen molar-refractivity contribution in [2.75, 3.05) is 13.7 Å². The summed E-state index contributed by atoms with van der Waals surface area (Å²) < 4.78 is 5.16. The van der Waals surface area contributed by atoms with Crippen molar-refractivity contribution in [1.29, 1.82) is 0 Å². The van der Waals surface area contributed by atoms with E-state index in [0.29, 0.717) is 0 Å². The first-order chi connectivity index (χ1) is 4.88. The van der Waals surface area contributed by atoms with Crippen LogP contribution in [-0.4, -0.2) is 13.7 Å². The van der Waals surface area contributed by atoms with E-state index in [1.54, 1.807) is 0 Å². The third-order valence-electron chi connectivity index (χ3n) is 2.72. The van der Waals surface area contributed by atoms with Gasteiger partial charge in [0.15, 0.2) is 0 Å². The van der Waals surface area contributed by atoms with E-state index < -0.39 is 0 Å². The second-order valence-corrected chi connectivity index (χ2v) is 3.31. The van der Waals surface area contributed by atoms with E-state index in [1.165, 1.54) is 25.7 Å². The standard InChI is InChI=1S/C9H18O/c1-3-8-5-4-6-9(8)7-10-2/h8-9H,3-7H2,1-2H3. The fourth-order valence-electron chi connectivity index (χ4n) is 2.08. The number of rotatable bonds is 3. The fraction of sp³-hybridized carbons (Fsp3) is 1.00. The third-order valence-corrected chi connectivity index (χ3v) is 2.72. The minimum Gasteiger partial charge on any atom is -0.384 e. The molecule has 0 bridgehead atoms. The van der Waals surface area contributed by atoms with Crippen molar-refractivity contribution in [3.8, 4) is 0 Å². The van der Waals surface area contributed by atoms with Crippen molar-refractivity contribution in [3.63, 3.8) is 0 Å². The largest absolute Gasteiger partial charge is 0.384 e. The zero-order valence-corrected chi connectivity index (χ0v) is 7.10. The maximum absolute atomic E-state index is 5.16. The Morgan fingerprint density at radius 2 is 2.00 bits per heavy atom. The Labute approximate surface area is 63.8 Å². The van der Waals surface area contributed by atoms with Crippen LogP contribution < -0.4 is 0 Å². The van der Waals surface area contributed by atoms with Gasteiger partial charge in [-0.1, -0.05) is 26.2 Å². The van der Waals surface area contributed by atoms with Gasteiger partial charge >= 0.3 is 0 Å². The lowest BCUT2D eigenvalue weighted by Crippen LogP contribution is -2.12. The van der Waals surface area contributed by atoms with Crippen LogP contribution in [0.3, 0.4) is 0 Å². The molecule has 0 aromatic rings. The first-order valence-corrected chi connectivity index (χ1v) is 4.37. The van der Waals surface area contributed by atoms with Gasteiger partial charge in [-0.05, 0) is 18.3 Å². The lowest BCUT2D eigenvalue weighted by Gasteiger charge is -2.15. The zero-order chi connectivity index (χ0) is 7.40. The molecule has 1 aliphatic rings. The molecule has 0 saturated heterocycles. The first kappa shape index (κ1) is 8.06. The molecular formula is C9H18O. The molecule has 1 saturated carbocycles.